The van der Waals surface area contributed by atoms with Gasteiger partial charge in [0.1, 0.15) is 0 Å². The van der Waals surface area contributed by atoms with Crippen molar-refractivity contribution in [2.24, 2.45) is 0 Å². The van der Waals surface area contributed by atoms with Crippen molar-refractivity contribution in [1.29, 1.82) is 0 Å². The Morgan fingerprint density at radius 2 is 1.71 bits per heavy atom. The SMILES string of the molecule is COC(=O)c1cccc(N(c2ccc(C)cc2)[SH](=O)=O)c1. The Balaban J connectivity index is 2.48. The minimum atomic E-state index is -2.88. The molecule has 0 atom stereocenters. The van der Waals surface area contributed by atoms with Crippen LogP contribution in [0.4, 0.5) is 11.4 Å². The van der Waals surface area contributed by atoms with Gasteiger partial charge in [0.15, 0.2) is 0 Å². The minimum absolute atomic E-state index is 0.295. The summed E-state index contributed by atoms with van der Waals surface area (Å²) in [6.07, 6.45) is 0. The second-order valence-corrected chi connectivity index (χ2v) is 5.30. The number of anilines is 2. The van der Waals surface area contributed by atoms with E-state index in [2.05, 4.69) is 4.74 Å². The van der Waals surface area contributed by atoms with Crippen molar-refractivity contribution in [3.63, 3.8) is 0 Å². The number of thiol groups is 1. The Labute approximate surface area is 124 Å². The monoisotopic (exact) mass is 305 g/mol. The molecule has 110 valence electrons. The van der Waals surface area contributed by atoms with Crippen molar-refractivity contribution >= 4 is 28.2 Å². The van der Waals surface area contributed by atoms with E-state index in [9.17, 15) is 13.2 Å². The van der Waals surface area contributed by atoms with Crippen LogP contribution in [0.2, 0.25) is 0 Å². The fraction of sp³-hybridized carbons (Fsp3) is 0.133. The highest BCUT2D eigenvalue weighted by Gasteiger charge is 2.14. The summed E-state index contributed by atoms with van der Waals surface area (Å²) in [5.74, 6) is -0.512. The lowest BCUT2D eigenvalue weighted by molar-refractivity contribution is 0.0601. The number of aryl methyl sites for hydroxylation is 1. The third-order valence-corrected chi connectivity index (χ3v) is 3.74. The molecule has 0 unspecified atom stereocenters. The average molecular weight is 305 g/mol. The molecule has 0 bridgehead atoms. The van der Waals surface area contributed by atoms with Gasteiger partial charge in [-0.2, -0.15) is 0 Å². The molecule has 0 aliphatic rings. The summed E-state index contributed by atoms with van der Waals surface area (Å²) >= 11 is 0. The van der Waals surface area contributed by atoms with E-state index in [1.54, 1.807) is 30.3 Å². The molecule has 0 heterocycles. The van der Waals surface area contributed by atoms with E-state index in [4.69, 9.17) is 0 Å². The number of carbonyl (C=O) groups is 1. The molecule has 0 aliphatic heterocycles. The van der Waals surface area contributed by atoms with Crippen LogP contribution >= 0.6 is 0 Å². The van der Waals surface area contributed by atoms with Gasteiger partial charge in [-0.15, -0.1) is 0 Å². The first-order valence-corrected chi connectivity index (χ1v) is 7.35. The summed E-state index contributed by atoms with van der Waals surface area (Å²) in [6, 6.07) is 13.4. The number of nitrogens with zero attached hydrogens (tertiary/aromatic N) is 1. The van der Waals surface area contributed by atoms with Crippen molar-refractivity contribution in [2.75, 3.05) is 11.4 Å². The number of rotatable bonds is 4. The Morgan fingerprint density at radius 3 is 2.29 bits per heavy atom. The van der Waals surface area contributed by atoms with E-state index in [0.717, 1.165) is 9.87 Å². The lowest BCUT2D eigenvalue weighted by atomic mass is 10.2. The normalized spacial score (nSPS) is 10.4. The van der Waals surface area contributed by atoms with Crippen LogP contribution in [0.1, 0.15) is 15.9 Å². The van der Waals surface area contributed by atoms with Crippen LogP contribution in [0.3, 0.4) is 0 Å². The first kappa shape index (κ1) is 15.1. The molecule has 2 aromatic carbocycles. The maximum atomic E-state index is 11.6. The number of hydrogen-bond acceptors (Lipinski definition) is 4. The van der Waals surface area contributed by atoms with Crippen LogP contribution in [-0.2, 0) is 15.6 Å². The molecule has 0 spiro atoms. The van der Waals surface area contributed by atoms with Gasteiger partial charge in [0.25, 0.3) is 0 Å². The highest BCUT2D eigenvalue weighted by molar-refractivity contribution is 7.74. The molecule has 2 rings (SSSR count). The molecule has 0 radical (unpaired) electrons. The summed E-state index contributed by atoms with van der Waals surface area (Å²) in [4.78, 5) is 11.5. The van der Waals surface area contributed by atoms with Crippen LogP contribution in [0.15, 0.2) is 48.5 Å². The van der Waals surface area contributed by atoms with Crippen LogP contribution < -0.4 is 4.31 Å². The first-order valence-electron chi connectivity index (χ1n) is 6.22. The van der Waals surface area contributed by atoms with E-state index in [1.165, 1.54) is 13.2 Å². The quantitative estimate of drug-likeness (QED) is 0.696. The fourth-order valence-electron chi connectivity index (χ4n) is 1.91. The second-order valence-electron chi connectivity index (χ2n) is 4.43. The van der Waals surface area contributed by atoms with Crippen LogP contribution in [0.5, 0.6) is 0 Å². The first-order chi connectivity index (χ1) is 10.0. The zero-order valence-electron chi connectivity index (χ0n) is 11.6. The number of hydrogen-bond donors (Lipinski definition) is 1. The molecule has 0 N–H and O–H groups in total. The van der Waals surface area contributed by atoms with Gasteiger partial charge in [0.2, 0.25) is 10.9 Å². The summed E-state index contributed by atoms with van der Waals surface area (Å²) in [7, 11) is -1.60. The minimum Gasteiger partial charge on any atom is -0.465 e. The van der Waals surface area contributed by atoms with Crippen molar-refractivity contribution in [2.45, 2.75) is 6.92 Å². The molecule has 2 aromatic rings. The Bertz CT molecular complexity index is 715. The van der Waals surface area contributed by atoms with Gasteiger partial charge < -0.3 is 4.74 Å². The molecular weight excluding hydrogens is 290 g/mol. The van der Waals surface area contributed by atoms with Gasteiger partial charge in [-0.05, 0) is 37.3 Å². The topological polar surface area (TPSA) is 63.7 Å². The summed E-state index contributed by atoms with van der Waals surface area (Å²) in [5, 5.41) is 0. The van der Waals surface area contributed by atoms with Crippen molar-refractivity contribution in [3.05, 3.63) is 59.7 Å². The lowest BCUT2D eigenvalue weighted by Crippen LogP contribution is -2.15. The largest absolute Gasteiger partial charge is 0.465 e. The van der Waals surface area contributed by atoms with Crippen molar-refractivity contribution < 1.29 is 17.9 Å². The predicted octanol–water partition coefficient (Wildman–Crippen LogP) is 2.45. The van der Waals surface area contributed by atoms with E-state index < -0.39 is 16.9 Å². The molecule has 0 saturated carbocycles. The van der Waals surface area contributed by atoms with Crippen LogP contribution in [0, 0.1) is 6.92 Å². The van der Waals surface area contributed by atoms with Gasteiger partial charge in [-0.1, -0.05) is 23.8 Å². The van der Waals surface area contributed by atoms with Gasteiger partial charge in [0.05, 0.1) is 24.0 Å². The van der Waals surface area contributed by atoms with Gasteiger partial charge >= 0.3 is 5.97 Å². The van der Waals surface area contributed by atoms with Crippen molar-refractivity contribution in [3.8, 4) is 0 Å². The summed E-state index contributed by atoms with van der Waals surface area (Å²) < 4.78 is 29.0. The molecular formula is C15H15NO4S. The maximum Gasteiger partial charge on any atom is 0.337 e. The van der Waals surface area contributed by atoms with Crippen LogP contribution in [0.25, 0.3) is 0 Å². The molecule has 0 amide bonds. The highest BCUT2D eigenvalue weighted by atomic mass is 32.2. The standard InChI is InChI=1S/C15H15NO4S/c1-11-6-8-13(9-7-11)16(21(18)19)14-5-3-4-12(10-14)15(17)20-2/h3-10,21H,1-2H3. The number of esters is 1. The Kier molecular flexibility index (Phi) is 4.59. The molecule has 0 fully saturated rings. The number of carbonyl (C=O) groups excluding carboxylic acids is 1. The van der Waals surface area contributed by atoms with Crippen molar-refractivity contribution in [1.82, 2.24) is 0 Å². The van der Waals surface area contributed by atoms with E-state index >= 15 is 0 Å². The molecule has 5 nitrogen and oxygen atoms in total. The Hall–Kier alpha value is -2.34. The average Bonchev–Trinajstić information content (AvgIpc) is 2.48. The fourth-order valence-corrected chi connectivity index (χ4v) is 2.54. The number of benzene rings is 2. The zero-order chi connectivity index (χ0) is 15.4. The smallest absolute Gasteiger partial charge is 0.337 e. The van der Waals surface area contributed by atoms with Gasteiger partial charge in [-0.25, -0.2) is 17.5 Å². The van der Waals surface area contributed by atoms with Crippen LogP contribution in [-0.4, -0.2) is 21.5 Å². The van der Waals surface area contributed by atoms with E-state index in [0.29, 0.717) is 16.9 Å². The number of ether oxygens (including phenoxy) is 1. The maximum absolute atomic E-state index is 11.6. The van der Waals surface area contributed by atoms with E-state index in [1.807, 2.05) is 19.1 Å². The third-order valence-electron chi connectivity index (χ3n) is 2.95. The molecule has 6 heteroatoms. The lowest BCUT2D eigenvalue weighted by Gasteiger charge is -2.18. The Morgan fingerprint density at radius 1 is 1.05 bits per heavy atom. The molecule has 21 heavy (non-hydrogen) atoms. The third kappa shape index (κ3) is 3.41. The highest BCUT2D eigenvalue weighted by Crippen LogP contribution is 2.26. The van der Waals surface area contributed by atoms with Gasteiger partial charge in [-0.3, -0.25) is 0 Å². The molecule has 0 saturated heterocycles. The van der Waals surface area contributed by atoms with Gasteiger partial charge in [0, 0.05) is 0 Å². The number of methoxy groups -OCH3 is 1. The molecule has 0 aromatic heterocycles. The van der Waals surface area contributed by atoms with E-state index in [-0.39, 0.29) is 0 Å². The zero-order valence-corrected chi connectivity index (χ0v) is 12.5. The predicted molar refractivity (Wildman–Crippen MR) is 81.4 cm³/mol. The summed E-state index contributed by atoms with van der Waals surface area (Å²) in [5.41, 5.74) is 2.23. The molecule has 0 aliphatic carbocycles. The summed E-state index contributed by atoms with van der Waals surface area (Å²) in [6.45, 7) is 1.92. The second kappa shape index (κ2) is 6.41.